The highest BCUT2D eigenvalue weighted by atomic mass is 14.9. The van der Waals surface area contributed by atoms with Crippen molar-refractivity contribution in [2.24, 2.45) is 0 Å². The molecule has 0 bridgehead atoms. The predicted octanol–water partition coefficient (Wildman–Crippen LogP) is 16.6. The van der Waals surface area contributed by atoms with E-state index in [-0.39, 0.29) is 0 Å². The van der Waals surface area contributed by atoms with E-state index in [9.17, 15) is 0 Å². The summed E-state index contributed by atoms with van der Waals surface area (Å²) in [5.41, 5.74) is 16.9. The zero-order valence-electron chi connectivity index (χ0n) is 36.6. The van der Waals surface area contributed by atoms with Crippen LogP contribution in [0.3, 0.4) is 0 Å². The second kappa shape index (κ2) is 15.8. The van der Waals surface area contributed by atoms with Crippen LogP contribution in [0.25, 0.3) is 99.6 Å². The van der Waals surface area contributed by atoms with E-state index in [0.29, 0.717) is 5.82 Å². The van der Waals surface area contributed by atoms with Crippen LogP contribution in [-0.2, 0) is 5.41 Å². The van der Waals surface area contributed by atoms with Gasteiger partial charge in [0.15, 0.2) is 5.82 Å². The fraction of sp³-hybridized carbons (Fsp3) is 0.0154. The van der Waals surface area contributed by atoms with Crippen LogP contribution in [-0.4, -0.2) is 9.97 Å². The summed E-state index contributed by atoms with van der Waals surface area (Å²) >= 11 is 0. The van der Waals surface area contributed by atoms with Crippen LogP contribution in [0.1, 0.15) is 22.3 Å². The number of hydrogen-bond donors (Lipinski definition) is 0. The Bertz CT molecular complexity index is 3740. The van der Waals surface area contributed by atoms with Crippen molar-refractivity contribution in [1.29, 1.82) is 0 Å². The summed E-state index contributed by atoms with van der Waals surface area (Å²) in [5.74, 6) is 0.705. The Morgan fingerprint density at radius 2 is 0.687 bits per heavy atom. The maximum atomic E-state index is 5.25. The van der Waals surface area contributed by atoms with Crippen LogP contribution in [0, 0.1) is 0 Å². The fourth-order valence-corrected chi connectivity index (χ4v) is 11.1. The fourth-order valence-electron chi connectivity index (χ4n) is 11.1. The first-order valence-electron chi connectivity index (χ1n) is 23.1. The molecule has 2 nitrogen and oxygen atoms in total. The van der Waals surface area contributed by atoms with E-state index in [0.717, 1.165) is 38.9 Å². The maximum absolute atomic E-state index is 5.25. The smallest absolute Gasteiger partial charge is 0.161 e. The predicted molar refractivity (Wildman–Crippen MR) is 279 cm³/mol. The standard InChI is InChI=1S/C65H42N2/c1-5-21-44(22-6-1)60-42-61(45-23-7-2-8-24-45)67-64(66-60)57-40-39-54(51-32-17-18-33-52(51)57)53-37-38-55(50-31-16-15-30-49(50)53)56-34-19-35-58-63(56)62-48-29-14-13-20-43(48)36-41-59(62)65(58,46-25-9-3-10-26-46)47-27-11-4-12-28-47/h1-42H. The quantitative estimate of drug-likeness (QED) is 0.160. The van der Waals surface area contributed by atoms with Crippen molar-refractivity contribution in [3.63, 3.8) is 0 Å². The molecule has 11 aromatic carbocycles. The largest absolute Gasteiger partial charge is 0.228 e. The van der Waals surface area contributed by atoms with Gasteiger partial charge in [-0.2, -0.15) is 0 Å². The van der Waals surface area contributed by atoms with Crippen LogP contribution in [0.2, 0.25) is 0 Å². The van der Waals surface area contributed by atoms with Gasteiger partial charge in [0.1, 0.15) is 0 Å². The van der Waals surface area contributed by atoms with E-state index in [1.165, 1.54) is 77.2 Å². The van der Waals surface area contributed by atoms with Gasteiger partial charge in [-0.05, 0) is 100 Å². The van der Waals surface area contributed by atoms with E-state index in [1.54, 1.807) is 0 Å². The summed E-state index contributed by atoms with van der Waals surface area (Å²) in [4.78, 5) is 10.5. The Hall–Kier alpha value is -8.72. The van der Waals surface area contributed by atoms with Crippen molar-refractivity contribution in [2.75, 3.05) is 0 Å². The second-order valence-corrected chi connectivity index (χ2v) is 17.5. The summed E-state index contributed by atoms with van der Waals surface area (Å²) in [6, 6.07) is 92.6. The molecule has 0 atom stereocenters. The average molecular weight is 851 g/mol. The van der Waals surface area contributed by atoms with Crippen LogP contribution in [0.5, 0.6) is 0 Å². The Labute approximate surface area is 390 Å². The summed E-state index contributed by atoms with van der Waals surface area (Å²) in [7, 11) is 0. The monoisotopic (exact) mass is 850 g/mol. The molecule has 0 aliphatic heterocycles. The van der Waals surface area contributed by atoms with Crippen molar-refractivity contribution >= 4 is 32.3 Å². The first-order valence-corrected chi connectivity index (χ1v) is 23.1. The molecule has 0 saturated carbocycles. The van der Waals surface area contributed by atoms with Gasteiger partial charge >= 0.3 is 0 Å². The minimum Gasteiger partial charge on any atom is -0.228 e. The number of aromatic nitrogens is 2. The molecule has 0 spiro atoms. The van der Waals surface area contributed by atoms with Crippen LogP contribution in [0.4, 0.5) is 0 Å². The molecule has 0 radical (unpaired) electrons. The topological polar surface area (TPSA) is 25.8 Å². The Morgan fingerprint density at radius 3 is 1.22 bits per heavy atom. The highest BCUT2D eigenvalue weighted by molar-refractivity contribution is 6.15. The summed E-state index contributed by atoms with van der Waals surface area (Å²) in [6.45, 7) is 0. The van der Waals surface area contributed by atoms with Gasteiger partial charge < -0.3 is 0 Å². The van der Waals surface area contributed by atoms with Gasteiger partial charge in [-0.15, -0.1) is 0 Å². The second-order valence-electron chi connectivity index (χ2n) is 17.5. The van der Waals surface area contributed by atoms with Gasteiger partial charge in [0.25, 0.3) is 0 Å². The number of benzene rings is 11. The maximum Gasteiger partial charge on any atom is 0.161 e. The number of fused-ring (bicyclic) bond motifs is 7. The summed E-state index contributed by atoms with van der Waals surface area (Å²) in [5, 5.41) is 7.20. The van der Waals surface area contributed by atoms with E-state index in [2.05, 4.69) is 243 Å². The van der Waals surface area contributed by atoms with Crippen molar-refractivity contribution in [3.05, 3.63) is 277 Å². The SMILES string of the molecule is c1ccc(-c2cc(-c3ccccc3)nc(-c3ccc(-c4ccc(-c5cccc6c5-c5c(ccc7ccccc57)C6(c5ccccc5)c5ccccc5)c5ccccc45)c4ccccc34)n2)cc1. The molecule has 2 heteroatoms. The van der Waals surface area contributed by atoms with Gasteiger partial charge in [-0.1, -0.05) is 243 Å². The first-order chi connectivity index (χ1) is 33.3. The number of rotatable bonds is 7. The van der Waals surface area contributed by atoms with Crippen molar-refractivity contribution < 1.29 is 0 Å². The van der Waals surface area contributed by atoms with Gasteiger partial charge in [0.05, 0.1) is 16.8 Å². The Balaban J connectivity index is 1.02. The lowest BCUT2D eigenvalue weighted by Gasteiger charge is -2.34. The first kappa shape index (κ1) is 38.7. The molecule has 312 valence electrons. The molecule has 0 saturated heterocycles. The summed E-state index contributed by atoms with van der Waals surface area (Å²) < 4.78 is 0. The zero-order valence-corrected chi connectivity index (χ0v) is 36.6. The molecule has 1 aliphatic carbocycles. The molecule has 13 rings (SSSR count). The highest BCUT2D eigenvalue weighted by Crippen LogP contribution is 2.60. The summed E-state index contributed by atoms with van der Waals surface area (Å²) in [6.07, 6.45) is 0. The van der Waals surface area contributed by atoms with E-state index >= 15 is 0 Å². The Morgan fingerprint density at radius 1 is 0.269 bits per heavy atom. The van der Waals surface area contributed by atoms with Gasteiger partial charge in [0, 0.05) is 16.7 Å². The van der Waals surface area contributed by atoms with Crippen LogP contribution < -0.4 is 0 Å². The molecule has 0 fully saturated rings. The molecular weight excluding hydrogens is 809 g/mol. The lowest BCUT2D eigenvalue weighted by molar-refractivity contribution is 0.769. The third kappa shape index (κ3) is 6.11. The van der Waals surface area contributed by atoms with Crippen molar-refractivity contribution in [3.8, 4) is 67.3 Å². The van der Waals surface area contributed by atoms with E-state index in [4.69, 9.17) is 9.97 Å². The lowest BCUT2D eigenvalue weighted by atomic mass is 9.67. The normalized spacial score (nSPS) is 12.6. The number of nitrogens with zero attached hydrogens (tertiary/aromatic N) is 2. The van der Waals surface area contributed by atoms with Gasteiger partial charge in [-0.25, -0.2) is 9.97 Å². The molecule has 1 heterocycles. The molecule has 0 amide bonds. The minimum atomic E-state index is -0.518. The molecule has 1 aliphatic rings. The van der Waals surface area contributed by atoms with Gasteiger partial charge in [0.2, 0.25) is 0 Å². The van der Waals surface area contributed by atoms with Gasteiger partial charge in [-0.3, -0.25) is 0 Å². The third-order valence-corrected chi connectivity index (χ3v) is 14.0. The van der Waals surface area contributed by atoms with E-state index in [1.807, 2.05) is 12.1 Å². The lowest BCUT2D eigenvalue weighted by Crippen LogP contribution is -2.28. The molecular formula is C65H42N2. The Kier molecular flexibility index (Phi) is 9.11. The average Bonchev–Trinajstić information content (AvgIpc) is 3.73. The third-order valence-electron chi connectivity index (χ3n) is 14.0. The molecule has 0 N–H and O–H groups in total. The number of hydrogen-bond acceptors (Lipinski definition) is 2. The molecule has 0 unspecified atom stereocenters. The van der Waals surface area contributed by atoms with Crippen molar-refractivity contribution in [2.45, 2.75) is 5.41 Å². The minimum absolute atomic E-state index is 0.518. The van der Waals surface area contributed by atoms with Crippen molar-refractivity contribution in [1.82, 2.24) is 9.97 Å². The highest BCUT2D eigenvalue weighted by Gasteiger charge is 2.47. The molecule has 1 aromatic heterocycles. The van der Waals surface area contributed by atoms with Crippen LogP contribution in [0.15, 0.2) is 255 Å². The van der Waals surface area contributed by atoms with Crippen LogP contribution >= 0.6 is 0 Å². The molecule has 12 aromatic rings. The molecule has 67 heavy (non-hydrogen) atoms. The zero-order chi connectivity index (χ0) is 44.3. The van der Waals surface area contributed by atoms with E-state index < -0.39 is 5.41 Å².